The van der Waals surface area contributed by atoms with E-state index in [1.807, 2.05) is 36.4 Å². The first-order chi connectivity index (χ1) is 38.0. The maximum atomic E-state index is 12.9. The van der Waals surface area contributed by atoms with Crippen LogP contribution in [-0.4, -0.2) is 95.1 Å². The SMILES string of the molecule is CCCCCCCCCCCCCCCC(=O)OC[C@H](COP(=O)(O)OCCNC(=O)CCCCCNC(=O)C(N)CCCCN(Cc1ccccn1)Cc1ccccn1)OC(=O)CCCCCCCCCCCCCCC. The van der Waals surface area contributed by atoms with Crippen LogP contribution in [0.1, 0.15) is 250 Å². The quantitative estimate of drug-likeness (QED) is 0.0275. The number of nitrogens with two attached hydrogens (primary N) is 1. The molecule has 0 saturated carbocycles. The first-order valence-electron chi connectivity index (χ1n) is 30.8. The summed E-state index contributed by atoms with van der Waals surface area (Å²) in [4.78, 5) is 72.4. The van der Waals surface area contributed by atoms with E-state index in [-0.39, 0.29) is 50.8 Å². The normalized spacial score (nSPS) is 13.0. The molecule has 78 heavy (non-hydrogen) atoms. The number of phosphoric acid groups is 1. The topological polar surface area (TPSA) is 222 Å². The van der Waals surface area contributed by atoms with Gasteiger partial charge in [0.25, 0.3) is 0 Å². The summed E-state index contributed by atoms with van der Waals surface area (Å²) in [6.07, 6.45) is 38.4. The lowest BCUT2D eigenvalue weighted by molar-refractivity contribution is -0.161. The molecule has 0 aliphatic carbocycles. The van der Waals surface area contributed by atoms with Gasteiger partial charge >= 0.3 is 19.8 Å². The molecule has 2 aromatic heterocycles. The molecule has 2 rings (SSSR count). The number of ether oxygens (including phenoxy) is 2. The Balaban J connectivity index is 1.63. The van der Waals surface area contributed by atoms with Gasteiger partial charge in [-0.1, -0.05) is 193 Å². The third-order valence-electron chi connectivity index (χ3n) is 14.0. The zero-order valence-electron chi connectivity index (χ0n) is 48.7. The molecule has 0 aliphatic heterocycles. The number of carbonyl (C=O) groups excluding carboxylic acids is 4. The van der Waals surface area contributed by atoms with Crippen LogP contribution in [0, 0.1) is 0 Å². The molecule has 0 aromatic carbocycles. The summed E-state index contributed by atoms with van der Waals surface area (Å²) in [6, 6.07) is 11.2. The lowest BCUT2D eigenvalue weighted by Gasteiger charge is -2.22. The van der Waals surface area contributed by atoms with Crippen molar-refractivity contribution in [3.63, 3.8) is 0 Å². The summed E-state index contributed by atoms with van der Waals surface area (Å²) in [5, 5.41) is 5.59. The molecule has 0 fully saturated rings. The maximum absolute atomic E-state index is 12.9. The van der Waals surface area contributed by atoms with Gasteiger partial charge in [0.15, 0.2) is 6.10 Å². The standard InChI is InChI=1S/C61H107N6O10P/c1-3-5-7-9-11-13-15-17-19-21-23-25-29-42-59(69)74-52-56(77-60(70)43-30-26-24-22-20-18-16-14-12-10-8-6-4-2)53-76-78(72,73)75-49-47-65-58(68)41-28-27-34-46-66-61(71)57(62)40-33-37-48-67(50-54-38-31-35-44-63-54)51-55-39-32-36-45-64-55/h31-32,35-36,38-39,44-45,56-57H,3-30,33-34,37,40-43,46-53,62H2,1-2H3,(H,65,68)(H,66,71)(H,72,73)/t56-,57?/m1/s1. The molecular formula is C61H107N6O10P. The lowest BCUT2D eigenvalue weighted by Crippen LogP contribution is -2.41. The number of amides is 2. The fourth-order valence-electron chi connectivity index (χ4n) is 9.26. The molecule has 3 atom stereocenters. The number of rotatable bonds is 54. The highest BCUT2D eigenvalue weighted by Crippen LogP contribution is 2.43. The molecule has 16 nitrogen and oxygen atoms in total. The Hall–Kier alpha value is -3.79. The van der Waals surface area contributed by atoms with Gasteiger partial charge in [0.05, 0.1) is 30.6 Å². The van der Waals surface area contributed by atoms with Gasteiger partial charge in [0.1, 0.15) is 6.61 Å². The second-order valence-corrected chi connectivity index (χ2v) is 22.7. The first kappa shape index (κ1) is 70.3. The van der Waals surface area contributed by atoms with Gasteiger partial charge in [-0.3, -0.25) is 43.1 Å². The van der Waals surface area contributed by atoms with Crippen molar-refractivity contribution in [2.24, 2.45) is 5.73 Å². The number of hydrogen-bond donors (Lipinski definition) is 4. The van der Waals surface area contributed by atoms with Gasteiger partial charge < -0.3 is 30.7 Å². The van der Waals surface area contributed by atoms with E-state index in [1.54, 1.807) is 12.4 Å². The van der Waals surface area contributed by atoms with Gasteiger partial charge in [-0.05, 0) is 69.3 Å². The molecule has 446 valence electrons. The number of pyridine rings is 2. The van der Waals surface area contributed by atoms with E-state index in [0.717, 1.165) is 69.3 Å². The van der Waals surface area contributed by atoms with Crippen LogP contribution in [0.5, 0.6) is 0 Å². The van der Waals surface area contributed by atoms with E-state index in [9.17, 15) is 28.6 Å². The van der Waals surface area contributed by atoms with Crippen LogP contribution in [-0.2, 0) is 55.4 Å². The largest absolute Gasteiger partial charge is 0.472 e. The minimum atomic E-state index is -4.61. The fourth-order valence-corrected chi connectivity index (χ4v) is 10.0. The summed E-state index contributed by atoms with van der Waals surface area (Å²) >= 11 is 0. The predicted octanol–water partition coefficient (Wildman–Crippen LogP) is 13.3. The van der Waals surface area contributed by atoms with Crippen molar-refractivity contribution in [3.8, 4) is 0 Å². The van der Waals surface area contributed by atoms with Crippen LogP contribution in [0.2, 0.25) is 0 Å². The van der Waals surface area contributed by atoms with E-state index >= 15 is 0 Å². The molecule has 0 aliphatic rings. The summed E-state index contributed by atoms with van der Waals surface area (Å²) in [5.41, 5.74) is 8.20. The van der Waals surface area contributed by atoms with Crippen molar-refractivity contribution in [1.82, 2.24) is 25.5 Å². The molecule has 0 saturated heterocycles. The van der Waals surface area contributed by atoms with E-state index in [0.29, 0.717) is 58.2 Å². The van der Waals surface area contributed by atoms with Gasteiger partial charge in [0.2, 0.25) is 11.8 Å². The zero-order valence-corrected chi connectivity index (χ0v) is 49.6. The average molecular weight is 1120 g/mol. The summed E-state index contributed by atoms with van der Waals surface area (Å²) in [6.45, 7) is 6.02. The molecule has 0 radical (unpaired) electrons. The number of carbonyl (C=O) groups is 4. The van der Waals surface area contributed by atoms with Crippen molar-refractivity contribution in [2.75, 3.05) is 39.5 Å². The third kappa shape index (κ3) is 42.1. The molecule has 17 heteroatoms. The molecule has 5 N–H and O–H groups in total. The van der Waals surface area contributed by atoms with Crippen molar-refractivity contribution >= 4 is 31.6 Å². The van der Waals surface area contributed by atoms with E-state index in [4.69, 9.17) is 24.3 Å². The van der Waals surface area contributed by atoms with Crippen LogP contribution in [0.3, 0.4) is 0 Å². The van der Waals surface area contributed by atoms with Crippen LogP contribution in [0.25, 0.3) is 0 Å². The number of nitrogens with zero attached hydrogens (tertiary/aromatic N) is 3. The van der Waals surface area contributed by atoms with Crippen LogP contribution in [0.15, 0.2) is 48.8 Å². The summed E-state index contributed by atoms with van der Waals surface area (Å²) < 4.78 is 34.2. The number of aromatic nitrogens is 2. The zero-order chi connectivity index (χ0) is 56.4. The van der Waals surface area contributed by atoms with E-state index < -0.39 is 38.5 Å². The molecule has 2 unspecified atom stereocenters. The minimum absolute atomic E-state index is 0.0263. The van der Waals surface area contributed by atoms with Gasteiger partial charge in [-0.25, -0.2) is 4.57 Å². The molecule has 0 spiro atoms. The number of unbranched alkanes of at least 4 members (excludes halogenated alkanes) is 27. The number of esters is 2. The van der Waals surface area contributed by atoms with Gasteiger partial charge in [0, 0.05) is 57.8 Å². The van der Waals surface area contributed by atoms with Crippen LogP contribution in [0.4, 0.5) is 0 Å². The highest BCUT2D eigenvalue weighted by molar-refractivity contribution is 7.47. The Morgan fingerprint density at radius 3 is 1.54 bits per heavy atom. The first-order valence-corrected chi connectivity index (χ1v) is 32.3. The highest BCUT2D eigenvalue weighted by Gasteiger charge is 2.26. The van der Waals surface area contributed by atoms with E-state index in [2.05, 4.69) is 39.3 Å². The van der Waals surface area contributed by atoms with Crippen molar-refractivity contribution in [1.29, 1.82) is 0 Å². The summed E-state index contributed by atoms with van der Waals surface area (Å²) in [7, 11) is -4.61. The second-order valence-electron chi connectivity index (χ2n) is 21.3. The Labute approximate surface area is 471 Å². The highest BCUT2D eigenvalue weighted by atomic mass is 31.2. The lowest BCUT2D eigenvalue weighted by atomic mass is 10.0. The molecule has 2 amide bonds. The van der Waals surface area contributed by atoms with Crippen LogP contribution >= 0.6 is 7.82 Å². The number of nitrogens with one attached hydrogen (secondary N) is 2. The molecule has 0 bridgehead atoms. The van der Waals surface area contributed by atoms with E-state index in [1.165, 1.54) is 116 Å². The monoisotopic (exact) mass is 1110 g/mol. The Kier molecular flexibility index (Phi) is 44.2. The Bertz CT molecular complexity index is 1780. The minimum Gasteiger partial charge on any atom is -0.462 e. The summed E-state index contributed by atoms with van der Waals surface area (Å²) in [5.74, 6) is -1.33. The van der Waals surface area contributed by atoms with Crippen molar-refractivity contribution in [2.45, 2.75) is 264 Å². The fraction of sp³-hybridized carbons (Fsp3) is 0.770. The molecule has 2 heterocycles. The molecular weight excluding hydrogens is 1010 g/mol. The second kappa shape index (κ2) is 49.1. The Morgan fingerprint density at radius 1 is 0.564 bits per heavy atom. The Morgan fingerprint density at radius 2 is 1.04 bits per heavy atom. The third-order valence-corrected chi connectivity index (χ3v) is 15.0. The van der Waals surface area contributed by atoms with Gasteiger partial charge in [-0.2, -0.15) is 0 Å². The number of phosphoric ester groups is 1. The number of hydrogen-bond acceptors (Lipinski definition) is 13. The molecule has 2 aromatic rings. The van der Waals surface area contributed by atoms with Crippen molar-refractivity contribution < 1.29 is 47.2 Å². The predicted molar refractivity (Wildman–Crippen MR) is 312 cm³/mol. The smallest absolute Gasteiger partial charge is 0.462 e. The maximum Gasteiger partial charge on any atom is 0.472 e. The van der Waals surface area contributed by atoms with Gasteiger partial charge in [-0.15, -0.1) is 0 Å². The average Bonchev–Trinajstić information content (AvgIpc) is 3.43. The van der Waals surface area contributed by atoms with Crippen LogP contribution < -0.4 is 16.4 Å². The van der Waals surface area contributed by atoms with Crippen molar-refractivity contribution in [3.05, 3.63) is 60.2 Å².